The van der Waals surface area contributed by atoms with Gasteiger partial charge in [0.05, 0.1) is 44.3 Å². The zero-order chi connectivity index (χ0) is 31.0. The van der Waals surface area contributed by atoms with Crippen LogP contribution in [0.4, 0.5) is 5.13 Å². The molecule has 0 radical (unpaired) electrons. The fourth-order valence-corrected chi connectivity index (χ4v) is 5.99. The predicted octanol–water partition coefficient (Wildman–Crippen LogP) is 4.40. The average molecular weight is 605 g/mol. The highest BCUT2D eigenvalue weighted by molar-refractivity contribution is 7.17. The van der Waals surface area contributed by atoms with Gasteiger partial charge in [0.1, 0.15) is 22.8 Å². The molecule has 3 aromatic heterocycles. The van der Waals surface area contributed by atoms with Gasteiger partial charge in [-0.25, -0.2) is 14.8 Å². The van der Waals surface area contributed by atoms with Gasteiger partial charge in [-0.2, -0.15) is 0 Å². The molecule has 1 unspecified atom stereocenters. The molecule has 1 aliphatic rings. The molecule has 4 heterocycles. The van der Waals surface area contributed by atoms with Gasteiger partial charge >= 0.3 is 11.9 Å². The lowest BCUT2D eigenvalue weighted by Gasteiger charge is -2.24. The Bertz CT molecular complexity index is 1800. The number of methoxy groups -OCH3 is 3. The maximum absolute atomic E-state index is 13.8. The number of imidazole rings is 1. The lowest BCUT2D eigenvalue weighted by Crippen LogP contribution is -2.29. The number of nitrogens with zero attached hydrogens (tertiary/aromatic N) is 4. The van der Waals surface area contributed by atoms with E-state index in [0.717, 1.165) is 16.2 Å². The van der Waals surface area contributed by atoms with E-state index in [9.17, 15) is 19.5 Å². The van der Waals surface area contributed by atoms with Crippen molar-refractivity contribution in [3.63, 3.8) is 0 Å². The van der Waals surface area contributed by atoms with Crippen molar-refractivity contribution >= 4 is 45.5 Å². The van der Waals surface area contributed by atoms with E-state index in [2.05, 4.69) is 16.5 Å². The molecule has 4 aromatic rings. The summed E-state index contributed by atoms with van der Waals surface area (Å²) in [6.45, 7) is 6.82. The van der Waals surface area contributed by atoms with Crippen LogP contribution in [0.2, 0.25) is 0 Å². The number of ether oxygens (including phenoxy) is 4. The summed E-state index contributed by atoms with van der Waals surface area (Å²) in [4.78, 5) is 50.5. The van der Waals surface area contributed by atoms with Crippen molar-refractivity contribution in [1.29, 1.82) is 0 Å². The van der Waals surface area contributed by atoms with Crippen molar-refractivity contribution in [2.45, 2.75) is 19.9 Å². The average Bonchev–Trinajstić information content (AvgIpc) is 3.64. The molecule has 0 aliphatic carbocycles. The molecule has 0 saturated carbocycles. The van der Waals surface area contributed by atoms with Crippen LogP contribution in [0.1, 0.15) is 38.4 Å². The Morgan fingerprint density at radius 3 is 2.40 bits per heavy atom. The molecular weight excluding hydrogens is 576 g/mol. The number of carbonyl (C=O) groups excluding carboxylic acids is 3. The molecule has 43 heavy (non-hydrogen) atoms. The maximum atomic E-state index is 13.8. The van der Waals surface area contributed by atoms with E-state index in [1.807, 2.05) is 0 Å². The lowest BCUT2D eigenvalue weighted by atomic mass is 9.95. The Morgan fingerprint density at radius 1 is 1.07 bits per heavy atom. The maximum Gasteiger partial charge on any atom is 0.350 e. The first kappa shape index (κ1) is 29.3. The number of carbonyl (C=O) groups is 3. The van der Waals surface area contributed by atoms with Crippen LogP contribution in [-0.4, -0.2) is 65.1 Å². The number of Topliss-reactive ketones (excluding diaryl/α,β-unsaturated/α-hetero) is 1. The quantitative estimate of drug-likeness (QED) is 0.0960. The van der Waals surface area contributed by atoms with Crippen LogP contribution in [0.3, 0.4) is 0 Å². The normalized spacial score (nSPS) is 16.0. The molecule has 1 amide bonds. The van der Waals surface area contributed by atoms with E-state index >= 15 is 0 Å². The molecule has 222 valence electrons. The number of aliphatic hydroxyl groups is 1. The number of aryl methyl sites for hydroxylation is 2. The summed E-state index contributed by atoms with van der Waals surface area (Å²) >= 11 is 0.888. The van der Waals surface area contributed by atoms with Crippen molar-refractivity contribution in [2.24, 2.45) is 0 Å². The van der Waals surface area contributed by atoms with Crippen LogP contribution in [-0.2, 0) is 14.3 Å². The Morgan fingerprint density at radius 2 is 1.77 bits per heavy atom. The Labute approximate surface area is 250 Å². The number of pyridine rings is 1. The Hall–Kier alpha value is -5.17. The minimum absolute atomic E-state index is 0.0138. The van der Waals surface area contributed by atoms with Crippen molar-refractivity contribution in [2.75, 3.05) is 32.8 Å². The second-order valence-electron chi connectivity index (χ2n) is 9.40. The molecule has 13 heteroatoms. The van der Waals surface area contributed by atoms with Crippen LogP contribution in [0.5, 0.6) is 17.2 Å². The number of amides is 1. The third kappa shape index (κ3) is 4.87. The van der Waals surface area contributed by atoms with Crippen LogP contribution in [0.15, 0.2) is 54.8 Å². The van der Waals surface area contributed by atoms with Crippen LogP contribution >= 0.6 is 11.3 Å². The summed E-state index contributed by atoms with van der Waals surface area (Å²) in [5.74, 6) is -2.18. The number of thiazole rings is 1. The van der Waals surface area contributed by atoms with Gasteiger partial charge in [0, 0.05) is 6.20 Å². The molecule has 12 nitrogen and oxygen atoms in total. The van der Waals surface area contributed by atoms with Gasteiger partial charge in [0.25, 0.3) is 5.78 Å². The number of benzene rings is 1. The number of anilines is 1. The molecule has 1 fully saturated rings. The molecular formula is C30H28N4O8S. The number of hydrogen-bond donors (Lipinski definition) is 1. The third-order valence-electron chi connectivity index (χ3n) is 6.88. The number of hydrogen-bond acceptors (Lipinski definition) is 11. The smallest absolute Gasteiger partial charge is 0.350 e. The first-order chi connectivity index (χ1) is 20.7. The second-order valence-corrected chi connectivity index (χ2v) is 10.4. The zero-order valence-corrected chi connectivity index (χ0v) is 24.9. The zero-order valence-electron chi connectivity index (χ0n) is 24.0. The highest BCUT2D eigenvalue weighted by atomic mass is 32.1. The van der Waals surface area contributed by atoms with Gasteiger partial charge in [-0.05, 0) is 43.7 Å². The van der Waals surface area contributed by atoms with Gasteiger partial charge in [-0.3, -0.25) is 18.9 Å². The molecule has 0 spiro atoms. The van der Waals surface area contributed by atoms with Crippen molar-refractivity contribution in [1.82, 2.24) is 14.4 Å². The van der Waals surface area contributed by atoms with Crippen molar-refractivity contribution < 1.29 is 38.4 Å². The van der Waals surface area contributed by atoms with Crippen LogP contribution < -0.4 is 19.1 Å². The van der Waals surface area contributed by atoms with Gasteiger partial charge in [0.15, 0.2) is 22.4 Å². The fraction of sp³-hybridized carbons (Fsp3) is 0.233. The summed E-state index contributed by atoms with van der Waals surface area (Å²) in [5.41, 5.74) is 1.67. The molecule has 1 N–H and O–H groups in total. The van der Waals surface area contributed by atoms with Gasteiger partial charge < -0.3 is 24.1 Å². The molecule has 1 aliphatic heterocycles. The SMILES string of the molecule is C=CCOC(=O)c1sc(N2C(=O)C(=O)/C(=C(/O)c3c(C)nc4ccccn34)C2c2cc(OC)c(OC)c(OC)c2)nc1C. The fourth-order valence-electron chi connectivity index (χ4n) is 5.01. The molecule has 1 atom stereocenters. The van der Waals surface area contributed by atoms with E-state index in [0.29, 0.717) is 28.3 Å². The van der Waals surface area contributed by atoms with Gasteiger partial charge in [-0.1, -0.05) is 30.1 Å². The third-order valence-corrected chi connectivity index (χ3v) is 8.02. The van der Waals surface area contributed by atoms with Gasteiger partial charge in [-0.15, -0.1) is 0 Å². The van der Waals surface area contributed by atoms with E-state index in [1.165, 1.54) is 27.4 Å². The summed E-state index contributed by atoms with van der Waals surface area (Å²) in [6.07, 6.45) is 3.13. The summed E-state index contributed by atoms with van der Waals surface area (Å²) in [5, 5.41) is 11.9. The largest absolute Gasteiger partial charge is 0.505 e. The number of esters is 1. The minimum Gasteiger partial charge on any atom is -0.505 e. The molecule has 1 aromatic carbocycles. The van der Waals surface area contributed by atoms with E-state index in [-0.39, 0.29) is 39.4 Å². The summed E-state index contributed by atoms with van der Waals surface area (Å²) in [7, 11) is 4.32. The molecule has 5 rings (SSSR count). The Balaban J connectivity index is 1.79. The van der Waals surface area contributed by atoms with Gasteiger partial charge in [0.2, 0.25) is 5.75 Å². The number of ketones is 1. The predicted molar refractivity (Wildman–Crippen MR) is 158 cm³/mol. The van der Waals surface area contributed by atoms with Crippen LogP contribution in [0, 0.1) is 13.8 Å². The Kier molecular flexibility index (Phi) is 7.91. The second kappa shape index (κ2) is 11.6. The first-order valence-corrected chi connectivity index (χ1v) is 13.8. The number of rotatable bonds is 9. The van der Waals surface area contributed by atoms with E-state index < -0.39 is 29.5 Å². The molecule has 0 bridgehead atoms. The monoisotopic (exact) mass is 604 g/mol. The highest BCUT2D eigenvalue weighted by Crippen LogP contribution is 2.48. The van der Waals surface area contributed by atoms with Crippen molar-refractivity contribution in [3.05, 3.63) is 82.3 Å². The summed E-state index contributed by atoms with van der Waals surface area (Å²) in [6, 6.07) is 7.27. The lowest BCUT2D eigenvalue weighted by molar-refractivity contribution is -0.132. The first-order valence-electron chi connectivity index (χ1n) is 13.0. The number of aromatic nitrogens is 3. The van der Waals surface area contributed by atoms with Crippen LogP contribution in [0.25, 0.3) is 11.4 Å². The number of aliphatic hydroxyl groups excluding tert-OH is 1. The topological polar surface area (TPSA) is 142 Å². The minimum atomic E-state index is -1.20. The summed E-state index contributed by atoms with van der Waals surface area (Å²) < 4.78 is 23.4. The van der Waals surface area contributed by atoms with E-state index in [1.54, 1.807) is 54.8 Å². The molecule has 1 saturated heterocycles. The standard InChI is InChI=1S/C30H28N4O8S/c1-7-12-42-29(38)27-16(3)32-30(43-27)34-23(17-13-18(39-4)26(41-6)19(14-17)40-5)21(25(36)28(34)37)24(35)22-15(2)31-20-10-8-9-11-33(20)22/h7-11,13-14,23,35H,1,12H2,2-6H3/b24-21+. The highest BCUT2D eigenvalue weighted by Gasteiger charge is 2.49. The van der Waals surface area contributed by atoms with E-state index in [4.69, 9.17) is 18.9 Å². The number of fused-ring (bicyclic) bond motifs is 1. The van der Waals surface area contributed by atoms with Crippen molar-refractivity contribution in [3.8, 4) is 17.2 Å².